The number of aromatic nitrogens is 2. The Hall–Kier alpha value is -1.59. The van der Waals surface area contributed by atoms with Crippen LogP contribution in [0, 0.1) is 16.0 Å². The van der Waals surface area contributed by atoms with Gasteiger partial charge in [0.15, 0.2) is 0 Å². The van der Waals surface area contributed by atoms with Crippen molar-refractivity contribution in [1.82, 2.24) is 9.78 Å². The minimum absolute atomic E-state index is 0.135. The average Bonchev–Trinajstić information content (AvgIpc) is 2.67. The van der Waals surface area contributed by atoms with Gasteiger partial charge in [-0.2, -0.15) is 5.10 Å². The molecule has 19 heavy (non-hydrogen) atoms. The molecule has 0 fully saturated rings. The third-order valence-corrected chi connectivity index (χ3v) is 3.47. The Balaban J connectivity index is 2.95. The van der Waals surface area contributed by atoms with Crippen molar-refractivity contribution in [3.05, 3.63) is 15.8 Å². The second-order valence-corrected chi connectivity index (χ2v) is 4.84. The highest BCUT2D eigenvalue weighted by Crippen LogP contribution is 2.29. The van der Waals surface area contributed by atoms with Gasteiger partial charge in [-0.25, -0.2) is 4.68 Å². The van der Waals surface area contributed by atoms with Crippen molar-refractivity contribution >= 4 is 11.5 Å². The van der Waals surface area contributed by atoms with E-state index in [9.17, 15) is 10.1 Å². The summed E-state index contributed by atoms with van der Waals surface area (Å²) >= 11 is 0. The van der Waals surface area contributed by atoms with E-state index in [0.717, 1.165) is 25.8 Å². The fourth-order valence-electron chi connectivity index (χ4n) is 2.18. The standard InChI is InChI=1S/C13H24N4O2/c1-5-8-11-12(17(18)19)13(16(4)15-11)14-9-10(6-2)7-3/h10,14H,5-9H2,1-4H3. The van der Waals surface area contributed by atoms with Gasteiger partial charge in [-0.05, 0) is 12.3 Å². The minimum Gasteiger partial charge on any atom is -0.364 e. The van der Waals surface area contributed by atoms with Crippen LogP contribution >= 0.6 is 0 Å². The maximum Gasteiger partial charge on any atom is 0.333 e. The first kappa shape index (κ1) is 15.5. The summed E-state index contributed by atoms with van der Waals surface area (Å²) in [5, 5.41) is 18.7. The van der Waals surface area contributed by atoms with Gasteiger partial charge in [0.1, 0.15) is 5.69 Å². The lowest BCUT2D eigenvalue weighted by Gasteiger charge is -2.13. The Morgan fingerprint density at radius 3 is 2.47 bits per heavy atom. The molecule has 1 aromatic rings. The van der Waals surface area contributed by atoms with Gasteiger partial charge in [0, 0.05) is 13.6 Å². The van der Waals surface area contributed by atoms with Crippen LogP contribution in [0.5, 0.6) is 0 Å². The van der Waals surface area contributed by atoms with Crippen LogP contribution < -0.4 is 5.32 Å². The summed E-state index contributed by atoms with van der Waals surface area (Å²) in [7, 11) is 1.75. The van der Waals surface area contributed by atoms with Crippen molar-refractivity contribution in [3.8, 4) is 0 Å². The van der Waals surface area contributed by atoms with Gasteiger partial charge in [-0.1, -0.05) is 40.0 Å². The number of aryl methyl sites for hydroxylation is 2. The highest BCUT2D eigenvalue weighted by Gasteiger charge is 2.26. The molecule has 0 unspecified atom stereocenters. The number of hydrogen-bond donors (Lipinski definition) is 1. The summed E-state index contributed by atoms with van der Waals surface area (Å²) in [5.41, 5.74) is 0.706. The summed E-state index contributed by atoms with van der Waals surface area (Å²) < 4.78 is 1.59. The van der Waals surface area contributed by atoms with Crippen molar-refractivity contribution in [1.29, 1.82) is 0 Å². The Morgan fingerprint density at radius 1 is 1.37 bits per heavy atom. The van der Waals surface area contributed by atoms with E-state index in [2.05, 4.69) is 24.3 Å². The zero-order valence-corrected chi connectivity index (χ0v) is 12.3. The van der Waals surface area contributed by atoms with Crippen molar-refractivity contribution in [2.24, 2.45) is 13.0 Å². The van der Waals surface area contributed by atoms with E-state index in [4.69, 9.17) is 0 Å². The average molecular weight is 268 g/mol. The lowest BCUT2D eigenvalue weighted by atomic mass is 10.0. The molecule has 6 nitrogen and oxygen atoms in total. The molecule has 0 bridgehead atoms. The topological polar surface area (TPSA) is 73.0 Å². The molecule has 0 aromatic carbocycles. The molecule has 1 rings (SSSR count). The van der Waals surface area contributed by atoms with E-state index in [1.54, 1.807) is 11.7 Å². The summed E-state index contributed by atoms with van der Waals surface area (Å²) in [5.74, 6) is 1.06. The largest absolute Gasteiger partial charge is 0.364 e. The van der Waals surface area contributed by atoms with Crippen molar-refractivity contribution < 1.29 is 4.92 Å². The molecular formula is C13H24N4O2. The maximum absolute atomic E-state index is 11.2. The first-order chi connectivity index (χ1) is 9.04. The Morgan fingerprint density at radius 2 is 2.00 bits per heavy atom. The van der Waals surface area contributed by atoms with Gasteiger partial charge >= 0.3 is 5.69 Å². The Bertz CT molecular complexity index is 425. The second kappa shape index (κ2) is 7.11. The molecule has 0 aliphatic rings. The number of nitrogens with one attached hydrogen (secondary N) is 1. The van der Waals surface area contributed by atoms with E-state index >= 15 is 0 Å². The van der Waals surface area contributed by atoms with Crippen molar-refractivity contribution in [2.75, 3.05) is 11.9 Å². The van der Waals surface area contributed by atoms with Crippen LogP contribution in [0.4, 0.5) is 11.5 Å². The molecule has 1 aromatic heterocycles. The number of nitrogens with zero attached hydrogens (tertiary/aromatic N) is 3. The lowest BCUT2D eigenvalue weighted by Crippen LogP contribution is -2.15. The molecule has 0 atom stereocenters. The highest BCUT2D eigenvalue weighted by molar-refractivity contribution is 5.59. The first-order valence-electron chi connectivity index (χ1n) is 6.99. The van der Waals surface area contributed by atoms with Crippen molar-refractivity contribution in [2.45, 2.75) is 46.5 Å². The van der Waals surface area contributed by atoms with E-state index in [1.807, 2.05) is 6.92 Å². The monoisotopic (exact) mass is 268 g/mol. The van der Waals surface area contributed by atoms with E-state index in [-0.39, 0.29) is 10.6 Å². The fourth-order valence-corrected chi connectivity index (χ4v) is 2.18. The van der Waals surface area contributed by atoms with Crippen LogP contribution in [-0.4, -0.2) is 21.2 Å². The van der Waals surface area contributed by atoms with E-state index in [1.165, 1.54) is 0 Å². The molecule has 0 aliphatic carbocycles. The summed E-state index contributed by atoms with van der Waals surface area (Å²) in [6.45, 7) is 7.01. The normalized spacial score (nSPS) is 11.0. The molecule has 1 heterocycles. The molecule has 0 saturated carbocycles. The predicted octanol–water partition coefficient (Wildman–Crippen LogP) is 3.13. The van der Waals surface area contributed by atoms with Crippen LogP contribution in [0.2, 0.25) is 0 Å². The smallest absolute Gasteiger partial charge is 0.333 e. The van der Waals surface area contributed by atoms with Gasteiger partial charge in [0.2, 0.25) is 5.82 Å². The Labute approximate surface area is 114 Å². The fraction of sp³-hybridized carbons (Fsp3) is 0.769. The lowest BCUT2D eigenvalue weighted by molar-refractivity contribution is -0.384. The molecule has 0 spiro atoms. The zero-order chi connectivity index (χ0) is 14.4. The number of rotatable bonds is 8. The highest BCUT2D eigenvalue weighted by atomic mass is 16.6. The molecule has 0 saturated heterocycles. The van der Waals surface area contributed by atoms with Gasteiger partial charge in [0.05, 0.1) is 4.92 Å². The van der Waals surface area contributed by atoms with Gasteiger partial charge in [-0.15, -0.1) is 0 Å². The summed E-state index contributed by atoms with van der Waals surface area (Å²) in [4.78, 5) is 10.9. The quantitative estimate of drug-likeness (QED) is 0.580. The third kappa shape index (κ3) is 3.68. The molecule has 108 valence electrons. The molecule has 1 N–H and O–H groups in total. The number of hydrogen-bond acceptors (Lipinski definition) is 4. The van der Waals surface area contributed by atoms with Gasteiger partial charge in [0.25, 0.3) is 0 Å². The summed E-state index contributed by atoms with van der Waals surface area (Å²) in [6.07, 6.45) is 3.62. The molecule has 6 heteroatoms. The van der Waals surface area contributed by atoms with Gasteiger partial charge < -0.3 is 5.32 Å². The van der Waals surface area contributed by atoms with Crippen LogP contribution in [0.15, 0.2) is 0 Å². The summed E-state index contributed by atoms with van der Waals surface area (Å²) in [6, 6.07) is 0. The number of nitro groups is 1. The van der Waals surface area contributed by atoms with E-state index in [0.29, 0.717) is 23.9 Å². The molecular weight excluding hydrogens is 244 g/mol. The number of anilines is 1. The molecule has 0 aliphatic heterocycles. The predicted molar refractivity (Wildman–Crippen MR) is 76.4 cm³/mol. The zero-order valence-electron chi connectivity index (χ0n) is 12.3. The third-order valence-electron chi connectivity index (χ3n) is 3.47. The minimum atomic E-state index is -0.326. The van der Waals surface area contributed by atoms with Crippen LogP contribution in [0.1, 0.15) is 45.7 Å². The molecule has 0 amide bonds. The van der Waals surface area contributed by atoms with Crippen LogP contribution in [-0.2, 0) is 13.5 Å². The van der Waals surface area contributed by atoms with E-state index < -0.39 is 0 Å². The SMILES string of the molecule is CCCc1nn(C)c(NCC(CC)CC)c1[N+](=O)[O-]. The van der Waals surface area contributed by atoms with Crippen LogP contribution in [0.25, 0.3) is 0 Å². The second-order valence-electron chi connectivity index (χ2n) is 4.84. The Kier molecular flexibility index (Phi) is 5.79. The maximum atomic E-state index is 11.2. The van der Waals surface area contributed by atoms with Crippen LogP contribution in [0.3, 0.4) is 0 Å². The molecule has 0 radical (unpaired) electrons. The van der Waals surface area contributed by atoms with Gasteiger partial charge in [-0.3, -0.25) is 10.1 Å². The van der Waals surface area contributed by atoms with Crippen molar-refractivity contribution in [3.63, 3.8) is 0 Å². The first-order valence-corrected chi connectivity index (χ1v) is 6.99.